The van der Waals surface area contributed by atoms with Crippen LogP contribution in [0.5, 0.6) is 11.5 Å². The third-order valence-electron chi connectivity index (χ3n) is 4.34. The Kier molecular flexibility index (Phi) is 5.28. The average molecular weight is 344 g/mol. The highest BCUT2D eigenvalue weighted by molar-refractivity contribution is 5.95. The first kappa shape index (κ1) is 17.4. The van der Waals surface area contributed by atoms with E-state index in [1.165, 1.54) is 0 Å². The van der Waals surface area contributed by atoms with E-state index in [9.17, 15) is 4.79 Å². The van der Waals surface area contributed by atoms with E-state index in [2.05, 4.69) is 4.57 Å². The second-order valence-corrected chi connectivity index (χ2v) is 5.95. The summed E-state index contributed by atoms with van der Waals surface area (Å²) in [6.07, 6.45) is 0.860. The molecule has 1 amide bonds. The van der Waals surface area contributed by atoms with Gasteiger partial charge in [-0.2, -0.15) is 0 Å². The first-order valence-electron chi connectivity index (χ1n) is 8.59. The summed E-state index contributed by atoms with van der Waals surface area (Å²) in [6.45, 7) is 7.13. The lowest BCUT2D eigenvalue weighted by atomic mass is 10.1. The van der Waals surface area contributed by atoms with Gasteiger partial charge in [0, 0.05) is 36.7 Å². The zero-order chi connectivity index (χ0) is 17.8. The third-order valence-corrected chi connectivity index (χ3v) is 4.34. The third kappa shape index (κ3) is 3.64. The van der Waals surface area contributed by atoms with Crippen molar-refractivity contribution >= 4 is 5.91 Å². The average Bonchev–Trinajstić information content (AvgIpc) is 2.95. The first-order valence-corrected chi connectivity index (χ1v) is 8.59. The molecule has 1 aliphatic heterocycles. The Balaban J connectivity index is 1.96. The van der Waals surface area contributed by atoms with Crippen molar-refractivity contribution < 1.29 is 19.0 Å². The number of rotatable bonds is 7. The molecule has 0 unspecified atom stereocenters. The Labute approximate surface area is 147 Å². The number of hydrogen-bond acceptors (Lipinski definition) is 4. The zero-order valence-corrected chi connectivity index (χ0v) is 14.7. The standard InChI is InChI=1S/C19H24N2O4/c1-3-23-8-4-7-21-13(2)15(19(20)22)12-16(21)14-5-6-17-18(11-14)25-10-9-24-17/h5-6,11-12H,3-4,7-10H2,1-2H3,(H2,20,22). The first-order chi connectivity index (χ1) is 12.1. The maximum atomic E-state index is 11.8. The molecule has 2 heterocycles. The summed E-state index contributed by atoms with van der Waals surface area (Å²) >= 11 is 0. The summed E-state index contributed by atoms with van der Waals surface area (Å²) < 4.78 is 18.8. The molecule has 0 saturated carbocycles. The molecule has 0 atom stereocenters. The van der Waals surface area contributed by atoms with Crippen LogP contribution in [-0.4, -0.2) is 36.9 Å². The Hall–Kier alpha value is -2.47. The van der Waals surface area contributed by atoms with Crippen LogP contribution in [0.1, 0.15) is 29.4 Å². The summed E-state index contributed by atoms with van der Waals surface area (Å²) in [5.74, 6) is 1.06. The van der Waals surface area contributed by atoms with Crippen LogP contribution < -0.4 is 15.2 Å². The van der Waals surface area contributed by atoms with Crippen molar-refractivity contribution in [1.29, 1.82) is 0 Å². The van der Waals surface area contributed by atoms with E-state index < -0.39 is 5.91 Å². The monoisotopic (exact) mass is 344 g/mol. The number of nitrogens with zero attached hydrogens (tertiary/aromatic N) is 1. The van der Waals surface area contributed by atoms with Gasteiger partial charge in [0.15, 0.2) is 11.5 Å². The van der Waals surface area contributed by atoms with Gasteiger partial charge >= 0.3 is 0 Å². The van der Waals surface area contributed by atoms with Gasteiger partial charge in [-0.15, -0.1) is 0 Å². The summed E-state index contributed by atoms with van der Waals surface area (Å²) in [5, 5.41) is 0. The van der Waals surface area contributed by atoms with Crippen LogP contribution in [0, 0.1) is 6.92 Å². The molecule has 0 spiro atoms. The lowest BCUT2D eigenvalue weighted by Gasteiger charge is -2.19. The fourth-order valence-corrected chi connectivity index (χ4v) is 3.09. The molecule has 2 N–H and O–H groups in total. The van der Waals surface area contributed by atoms with Crippen LogP contribution in [0.3, 0.4) is 0 Å². The number of benzene rings is 1. The molecular weight excluding hydrogens is 320 g/mol. The maximum Gasteiger partial charge on any atom is 0.250 e. The number of nitrogens with two attached hydrogens (primary N) is 1. The van der Waals surface area contributed by atoms with E-state index in [0.717, 1.165) is 41.4 Å². The Morgan fingerprint density at radius 3 is 2.72 bits per heavy atom. The Morgan fingerprint density at radius 2 is 2.00 bits per heavy atom. The van der Waals surface area contributed by atoms with E-state index >= 15 is 0 Å². The quantitative estimate of drug-likeness (QED) is 0.784. The Morgan fingerprint density at radius 1 is 1.24 bits per heavy atom. The molecule has 1 aromatic carbocycles. The molecule has 3 rings (SSSR count). The van der Waals surface area contributed by atoms with Crippen LogP contribution >= 0.6 is 0 Å². The number of amides is 1. The topological polar surface area (TPSA) is 75.7 Å². The van der Waals surface area contributed by atoms with Crippen molar-refractivity contribution in [3.63, 3.8) is 0 Å². The van der Waals surface area contributed by atoms with Gasteiger partial charge in [-0.25, -0.2) is 0 Å². The number of carbonyl (C=O) groups is 1. The normalized spacial score (nSPS) is 13.0. The summed E-state index contributed by atoms with van der Waals surface area (Å²) in [6, 6.07) is 7.68. The molecule has 1 aromatic heterocycles. The maximum absolute atomic E-state index is 11.8. The van der Waals surface area contributed by atoms with Crippen LogP contribution in [0.15, 0.2) is 24.3 Å². The van der Waals surface area contributed by atoms with E-state index in [-0.39, 0.29) is 0 Å². The van der Waals surface area contributed by atoms with Crippen molar-refractivity contribution in [3.8, 4) is 22.8 Å². The van der Waals surface area contributed by atoms with Crippen molar-refractivity contribution in [2.24, 2.45) is 5.73 Å². The lowest BCUT2D eigenvalue weighted by Crippen LogP contribution is -2.15. The summed E-state index contributed by atoms with van der Waals surface area (Å²) in [7, 11) is 0. The van der Waals surface area contributed by atoms with E-state index in [1.54, 1.807) is 0 Å². The highest BCUT2D eigenvalue weighted by Gasteiger charge is 2.19. The Bertz CT molecular complexity index is 767. The molecule has 0 aliphatic carbocycles. The van der Waals surface area contributed by atoms with E-state index in [4.69, 9.17) is 19.9 Å². The number of fused-ring (bicyclic) bond motifs is 1. The van der Waals surface area contributed by atoms with Crippen molar-refractivity contribution in [2.45, 2.75) is 26.8 Å². The summed E-state index contributed by atoms with van der Waals surface area (Å²) in [5.41, 5.74) is 8.87. The number of aromatic nitrogens is 1. The predicted molar refractivity (Wildman–Crippen MR) is 95.2 cm³/mol. The molecule has 134 valence electrons. The molecular formula is C19H24N2O4. The fraction of sp³-hybridized carbons (Fsp3) is 0.421. The molecule has 1 aliphatic rings. The molecule has 0 radical (unpaired) electrons. The molecule has 6 heteroatoms. The van der Waals surface area contributed by atoms with Crippen molar-refractivity contribution in [2.75, 3.05) is 26.4 Å². The van der Waals surface area contributed by atoms with Crippen LogP contribution in [0.25, 0.3) is 11.3 Å². The van der Waals surface area contributed by atoms with Gasteiger partial charge in [-0.05, 0) is 44.5 Å². The number of primary amides is 1. The van der Waals surface area contributed by atoms with Gasteiger partial charge in [0.25, 0.3) is 5.91 Å². The van der Waals surface area contributed by atoms with Gasteiger partial charge in [0.1, 0.15) is 13.2 Å². The van der Waals surface area contributed by atoms with Gasteiger partial charge in [0.05, 0.1) is 5.56 Å². The van der Waals surface area contributed by atoms with Crippen LogP contribution in [0.2, 0.25) is 0 Å². The van der Waals surface area contributed by atoms with Gasteiger partial charge in [0.2, 0.25) is 0 Å². The second kappa shape index (κ2) is 7.61. The molecule has 25 heavy (non-hydrogen) atoms. The van der Waals surface area contributed by atoms with Gasteiger partial charge in [-0.1, -0.05) is 0 Å². The highest BCUT2D eigenvalue weighted by atomic mass is 16.6. The summed E-state index contributed by atoms with van der Waals surface area (Å²) in [4.78, 5) is 11.8. The lowest BCUT2D eigenvalue weighted by molar-refractivity contribution is 0.0999. The van der Waals surface area contributed by atoms with E-state index in [1.807, 2.05) is 38.1 Å². The van der Waals surface area contributed by atoms with Gasteiger partial charge in [-0.3, -0.25) is 4.79 Å². The smallest absolute Gasteiger partial charge is 0.250 e. The molecule has 6 nitrogen and oxygen atoms in total. The van der Waals surface area contributed by atoms with Crippen LogP contribution in [0.4, 0.5) is 0 Å². The fourth-order valence-electron chi connectivity index (χ4n) is 3.09. The SMILES string of the molecule is CCOCCCn1c(-c2ccc3c(c2)OCCO3)cc(C(N)=O)c1C. The molecule has 0 saturated heterocycles. The molecule has 0 bridgehead atoms. The van der Waals surface area contributed by atoms with Crippen molar-refractivity contribution in [1.82, 2.24) is 4.57 Å². The zero-order valence-electron chi connectivity index (χ0n) is 14.7. The number of ether oxygens (including phenoxy) is 3. The second-order valence-electron chi connectivity index (χ2n) is 5.95. The number of carbonyl (C=O) groups excluding carboxylic acids is 1. The minimum Gasteiger partial charge on any atom is -0.486 e. The van der Waals surface area contributed by atoms with Gasteiger partial charge < -0.3 is 24.5 Å². The minimum atomic E-state index is -0.417. The largest absolute Gasteiger partial charge is 0.486 e. The van der Waals surface area contributed by atoms with E-state index in [0.29, 0.717) is 32.0 Å². The highest BCUT2D eigenvalue weighted by Crippen LogP contribution is 2.36. The van der Waals surface area contributed by atoms with Crippen molar-refractivity contribution in [3.05, 3.63) is 35.5 Å². The minimum absolute atomic E-state index is 0.417. The molecule has 0 fully saturated rings. The number of hydrogen-bond donors (Lipinski definition) is 1. The predicted octanol–water partition coefficient (Wildman–Crippen LogP) is 2.76. The molecule has 2 aromatic rings. The van der Waals surface area contributed by atoms with Crippen LogP contribution in [-0.2, 0) is 11.3 Å².